The summed E-state index contributed by atoms with van der Waals surface area (Å²) in [5, 5.41) is 5.22. The second-order valence-electron chi connectivity index (χ2n) is 5.24. The lowest BCUT2D eigenvalue weighted by molar-refractivity contribution is 0.101. The van der Waals surface area contributed by atoms with Gasteiger partial charge in [-0.15, -0.1) is 0 Å². The normalized spacial score (nSPS) is 10.2. The number of para-hydroxylation sites is 2. The van der Waals surface area contributed by atoms with Gasteiger partial charge in [-0.2, -0.15) is 4.98 Å². The van der Waals surface area contributed by atoms with Gasteiger partial charge in [0.1, 0.15) is 12.0 Å². The lowest BCUT2D eigenvalue weighted by Crippen LogP contribution is -2.15. The van der Waals surface area contributed by atoms with Crippen molar-refractivity contribution in [3.63, 3.8) is 0 Å². The molecule has 0 aliphatic heterocycles. The monoisotopic (exact) mass is 351 g/mol. The number of anilines is 2. The predicted octanol–water partition coefficient (Wildman–Crippen LogP) is 3.58. The van der Waals surface area contributed by atoms with Crippen molar-refractivity contribution in [3.05, 3.63) is 72.1 Å². The number of carbonyl (C=O) groups excluding carboxylic acids is 2. The third-order valence-electron chi connectivity index (χ3n) is 3.43. The molecule has 1 heterocycles. The van der Waals surface area contributed by atoms with Gasteiger partial charge in [0.2, 0.25) is 0 Å². The maximum Gasteiger partial charge on any atom is 0.302 e. The van der Waals surface area contributed by atoms with E-state index in [4.69, 9.17) is 9.15 Å². The molecule has 0 bridgehead atoms. The molecule has 2 N–H and O–H groups in total. The minimum Gasteiger partial charge on any atom is -0.492 e. The van der Waals surface area contributed by atoms with Crippen LogP contribution in [0.5, 0.6) is 5.75 Å². The first-order chi connectivity index (χ1) is 12.7. The highest BCUT2D eigenvalue weighted by molar-refractivity contribution is 6.05. The van der Waals surface area contributed by atoms with Crippen molar-refractivity contribution < 1.29 is 18.7 Å². The summed E-state index contributed by atoms with van der Waals surface area (Å²) in [7, 11) is 0. The van der Waals surface area contributed by atoms with E-state index >= 15 is 0 Å². The van der Waals surface area contributed by atoms with E-state index in [9.17, 15) is 9.59 Å². The van der Waals surface area contributed by atoms with Crippen LogP contribution in [-0.2, 0) is 0 Å². The summed E-state index contributed by atoms with van der Waals surface area (Å²) in [5.41, 5.74) is 1.03. The molecule has 0 atom stereocenters. The molecule has 0 aliphatic rings. The number of nitrogens with one attached hydrogen (secondary N) is 2. The highest BCUT2D eigenvalue weighted by atomic mass is 16.5. The summed E-state index contributed by atoms with van der Waals surface area (Å²) in [4.78, 5) is 28.4. The molecule has 26 heavy (non-hydrogen) atoms. The number of rotatable bonds is 6. The lowest BCUT2D eigenvalue weighted by Gasteiger charge is -2.09. The predicted molar refractivity (Wildman–Crippen MR) is 96.5 cm³/mol. The van der Waals surface area contributed by atoms with Gasteiger partial charge in [0.15, 0.2) is 5.69 Å². The highest BCUT2D eigenvalue weighted by Crippen LogP contribution is 2.24. The summed E-state index contributed by atoms with van der Waals surface area (Å²) in [5.74, 6) is -0.285. The SMILES string of the molecule is CCOc1ccccc1NC(=O)c1coc(NC(=O)c2ccccc2)n1. The molecule has 0 saturated carbocycles. The fourth-order valence-corrected chi connectivity index (χ4v) is 2.23. The molecule has 2 aromatic carbocycles. The van der Waals surface area contributed by atoms with Crippen molar-refractivity contribution >= 4 is 23.5 Å². The average Bonchev–Trinajstić information content (AvgIpc) is 3.13. The largest absolute Gasteiger partial charge is 0.492 e. The molecule has 132 valence electrons. The zero-order valence-corrected chi connectivity index (χ0v) is 14.1. The van der Waals surface area contributed by atoms with Crippen LogP contribution in [0.2, 0.25) is 0 Å². The molecular formula is C19H17N3O4. The Morgan fingerprint density at radius 2 is 1.73 bits per heavy atom. The Labute approximate surface area is 150 Å². The second-order valence-corrected chi connectivity index (χ2v) is 5.24. The zero-order chi connectivity index (χ0) is 18.4. The van der Waals surface area contributed by atoms with E-state index in [0.717, 1.165) is 0 Å². The smallest absolute Gasteiger partial charge is 0.302 e. The highest BCUT2D eigenvalue weighted by Gasteiger charge is 2.16. The number of ether oxygens (including phenoxy) is 1. The van der Waals surface area contributed by atoms with Gasteiger partial charge >= 0.3 is 6.01 Å². The molecule has 7 nitrogen and oxygen atoms in total. The molecule has 0 unspecified atom stereocenters. The molecule has 3 aromatic rings. The molecule has 0 saturated heterocycles. The van der Waals surface area contributed by atoms with Gasteiger partial charge in [-0.25, -0.2) is 0 Å². The Kier molecular flexibility index (Phi) is 5.28. The summed E-state index contributed by atoms with van der Waals surface area (Å²) in [6, 6.07) is 15.7. The minimum absolute atomic E-state index is 0.0414. The number of hydrogen-bond donors (Lipinski definition) is 2. The fraction of sp³-hybridized carbons (Fsp3) is 0.105. The number of hydrogen-bond acceptors (Lipinski definition) is 5. The molecule has 7 heteroatoms. The Morgan fingerprint density at radius 3 is 2.50 bits per heavy atom. The van der Waals surface area contributed by atoms with Gasteiger partial charge in [0, 0.05) is 5.56 Å². The van der Waals surface area contributed by atoms with Crippen molar-refractivity contribution in [2.24, 2.45) is 0 Å². The second kappa shape index (κ2) is 7.98. The maximum atomic E-state index is 12.3. The minimum atomic E-state index is -0.471. The molecule has 0 radical (unpaired) electrons. The van der Waals surface area contributed by atoms with Gasteiger partial charge in [-0.1, -0.05) is 30.3 Å². The number of benzene rings is 2. The molecule has 2 amide bonds. The summed E-state index contributed by atoms with van der Waals surface area (Å²) in [6.07, 6.45) is 1.18. The van der Waals surface area contributed by atoms with Crippen molar-refractivity contribution in [2.45, 2.75) is 6.92 Å². The lowest BCUT2D eigenvalue weighted by atomic mass is 10.2. The molecule has 1 aromatic heterocycles. The van der Waals surface area contributed by atoms with Crippen LogP contribution in [0.4, 0.5) is 11.7 Å². The van der Waals surface area contributed by atoms with Gasteiger partial charge < -0.3 is 14.5 Å². The molecule has 0 spiro atoms. The molecule has 0 fully saturated rings. The van der Waals surface area contributed by atoms with E-state index in [0.29, 0.717) is 23.6 Å². The summed E-state index contributed by atoms with van der Waals surface area (Å²) < 4.78 is 10.6. The third kappa shape index (κ3) is 4.07. The summed E-state index contributed by atoms with van der Waals surface area (Å²) in [6.45, 7) is 2.34. The van der Waals surface area contributed by atoms with Gasteiger partial charge in [-0.3, -0.25) is 14.9 Å². The van der Waals surface area contributed by atoms with Gasteiger partial charge in [0.05, 0.1) is 12.3 Å². The number of carbonyl (C=O) groups is 2. The number of oxazole rings is 1. The molecule has 3 rings (SSSR count). The van der Waals surface area contributed by atoms with E-state index in [1.54, 1.807) is 42.5 Å². The Hall–Kier alpha value is -3.61. The van der Waals surface area contributed by atoms with Crippen molar-refractivity contribution in [1.82, 2.24) is 4.98 Å². The quantitative estimate of drug-likeness (QED) is 0.708. The van der Waals surface area contributed by atoms with Gasteiger partial charge in [-0.05, 0) is 31.2 Å². The van der Waals surface area contributed by atoms with Crippen LogP contribution < -0.4 is 15.4 Å². The number of amides is 2. The van der Waals surface area contributed by atoms with Crippen molar-refractivity contribution in [2.75, 3.05) is 17.2 Å². The first-order valence-electron chi connectivity index (χ1n) is 8.02. The fourth-order valence-electron chi connectivity index (χ4n) is 2.23. The first-order valence-corrected chi connectivity index (χ1v) is 8.02. The first kappa shape index (κ1) is 17.2. The van der Waals surface area contributed by atoms with Crippen LogP contribution in [0, 0.1) is 0 Å². The topological polar surface area (TPSA) is 93.5 Å². The van der Waals surface area contributed by atoms with E-state index in [1.807, 2.05) is 19.1 Å². The Morgan fingerprint density at radius 1 is 1.00 bits per heavy atom. The van der Waals surface area contributed by atoms with E-state index in [2.05, 4.69) is 15.6 Å². The Balaban J connectivity index is 1.68. The Bertz CT molecular complexity index is 906. The average molecular weight is 351 g/mol. The number of aromatic nitrogens is 1. The third-order valence-corrected chi connectivity index (χ3v) is 3.43. The van der Waals surface area contributed by atoms with Crippen molar-refractivity contribution in [1.29, 1.82) is 0 Å². The molecule has 0 aliphatic carbocycles. The maximum absolute atomic E-state index is 12.3. The number of nitrogens with zero attached hydrogens (tertiary/aromatic N) is 1. The van der Waals surface area contributed by atoms with Crippen LogP contribution in [0.1, 0.15) is 27.8 Å². The van der Waals surface area contributed by atoms with E-state index in [-0.39, 0.29) is 17.6 Å². The van der Waals surface area contributed by atoms with Crippen LogP contribution in [0.3, 0.4) is 0 Å². The standard InChI is InChI=1S/C19H17N3O4/c1-2-25-16-11-7-6-10-14(16)20-18(24)15-12-26-19(21-15)22-17(23)13-8-4-3-5-9-13/h3-12H,2H2,1H3,(H,20,24)(H,21,22,23). The summed E-state index contributed by atoms with van der Waals surface area (Å²) >= 11 is 0. The van der Waals surface area contributed by atoms with Crippen molar-refractivity contribution in [3.8, 4) is 5.75 Å². The van der Waals surface area contributed by atoms with Crippen LogP contribution in [-0.4, -0.2) is 23.4 Å². The van der Waals surface area contributed by atoms with Gasteiger partial charge in [0.25, 0.3) is 11.8 Å². The molecular weight excluding hydrogens is 334 g/mol. The van der Waals surface area contributed by atoms with E-state index in [1.165, 1.54) is 6.26 Å². The zero-order valence-electron chi connectivity index (χ0n) is 14.1. The van der Waals surface area contributed by atoms with E-state index < -0.39 is 5.91 Å². The van der Waals surface area contributed by atoms with Crippen LogP contribution in [0.25, 0.3) is 0 Å². The van der Waals surface area contributed by atoms with Crippen LogP contribution in [0.15, 0.2) is 65.3 Å². The van der Waals surface area contributed by atoms with Crippen LogP contribution >= 0.6 is 0 Å².